The van der Waals surface area contributed by atoms with Gasteiger partial charge in [-0.05, 0) is 31.7 Å². The third-order valence-electron chi connectivity index (χ3n) is 3.08. The molecule has 0 radical (unpaired) electrons. The number of benzene rings is 1. The fourth-order valence-corrected chi connectivity index (χ4v) is 1.86. The van der Waals surface area contributed by atoms with Crippen LogP contribution < -0.4 is 10.6 Å². The Hall–Kier alpha value is -1.10. The van der Waals surface area contributed by atoms with Crippen LogP contribution in [-0.2, 0) is 4.79 Å². The summed E-state index contributed by atoms with van der Waals surface area (Å²) in [5, 5.41) is 6.11. The zero-order valence-corrected chi connectivity index (χ0v) is 11.6. The number of carbonyl (C=O) groups is 1. The number of likely N-dealkylation sites (N-methyl/N-ethyl adjacent to an activating group) is 1. The van der Waals surface area contributed by atoms with Crippen molar-refractivity contribution in [3.05, 3.63) is 29.8 Å². The summed E-state index contributed by atoms with van der Waals surface area (Å²) in [6, 6.07) is 8.35. The van der Waals surface area contributed by atoms with Crippen molar-refractivity contribution in [1.82, 2.24) is 10.2 Å². The molecule has 1 saturated heterocycles. The molecule has 18 heavy (non-hydrogen) atoms. The molecule has 0 atom stereocenters. The van der Waals surface area contributed by atoms with Gasteiger partial charge in [0.15, 0.2) is 0 Å². The van der Waals surface area contributed by atoms with E-state index in [0.29, 0.717) is 12.6 Å². The minimum absolute atomic E-state index is 0. The lowest BCUT2D eigenvalue weighted by molar-refractivity contribution is -0.117. The average molecular weight is 270 g/mol. The van der Waals surface area contributed by atoms with Gasteiger partial charge in [0, 0.05) is 24.8 Å². The molecule has 1 aliphatic heterocycles. The summed E-state index contributed by atoms with van der Waals surface area (Å²) in [6.45, 7) is 4.42. The van der Waals surface area contributed by atoms with Crippen LogP contribution in [0.2, 0.25) is 0 Å². The fraction of sp³-hybridized carbons (Fsp3) is 0.462. The summed E-state index contributed by atoms with van der Waals surface area (Å²) in [4.78, 5) is 13.9. The van der Waals surface area contributed by atoms with E-state index in [4.69, 9.17) is 0 Å². The van der Waals surface area contributed by atoms with Gasteiger partial charge in [-0.25, -0.2) is 0 Å². The second-order valence-corrected chi connectivity index (χ2v) is 4.64. The topological polar surface area (TPSA) is 44.4 Å². The van der Waals surface area contributed by atoms with Crippen LogP contribution in [0.3, 0.4) is 0 Å². The van der Waals surface area contributed by atoms with Crippen molar-refractivity contribution in [1.29, 1.82) is 0 Å². The van der Waals surface area contributed by atoms with Crippen LogP contribution in [0, 0.1) is 6.92 Å². The van der Waals surface area contributed by atoms with Crippen molar-refractivity contribution >= 4 is 24.0 Å². The largest absolute Gasteiger partial charge is 0.325 e. The highest BCUT2D eigenvalue weighted by Crippen LogP contribution is 2.09. The molecule has 2 rings (SSSR count). The Bertz CT molecular complexity index is 407. The first-order valence-corrected chi connectivity index (χ1v) is 5.92. The number of anilines is 1. The molecule has 0 saturated carbocycles. The van der Waals surface area contributed by atoms with E-state index in [1.54, 1.807) is 0 Å². The number of nitrogens with zero attached hydrogens (tertiary/aromatic N) is 1. The van der Waals surface area contributed by atoms with Gasteiger partial charge in [0.25, 0.3) is 0 Å². The molecule has 1 amide bonds. The SMILES string of the molecule is Cc1cccc(NC(=O)CN(C)C2CNC2)c1.Cl. The first-order chi connectivity index (χ1) is 8.15. The van der Waals surface area contributed by atoms with Crippen LogP contribution in [0.4, 0.5) is 5.69 Å². The van der Waals surface area contributed by atoms with E-state index in [0.717, 1.165) is 24.3 Å². The predicted molar refractivity (Wildman–Crippen MR) is 76.3 cm³/mol. The first kappa shape index (κ1) is 15.0. The summed E-state index contributed by atoms with van der Waals surface area (Å²) < 4.78 is 0. The maximum absolute atomic E-state index is 11.8. The van der Waals surface area contributed by atoms with Crippen molar-refractivity contribution in [3.8, 4) is 0 Å². The molecular weight excluding hydrogens is 250 g/mol. The maximum Gasteiger partial charge on any atom is 0.238 e. The number of carbonyl (C=O) groups excluding carboxylic acids is 1. The molecule has 1 heterocycles. The zero-order valence-electron chi connectivity index (χ0n) is 10.8. The number of halogens is 1. The second kappa shape index (κ2) is 6.73. The molecule has 100 valence electrons. The Morgan fingerprint density at radius 1 is 1.50 bits per heavy atom. The van der Waals surface area contributed by atoms with Crippen LogP contribution in [-0.4, -0.2) is 43.5 Å². The molecular formula is C13H20ClN3O. The highest BCUT2D eigenvalue weighted by Gasteiger charge is 2.22. The number of nitrogens with one attached hydrogen (secondary N) is 2. The minimum atomic E-state index is 0. The second-order valence-electron chi connectivity index (χ2n) is 4.64. The lowest BCUT2D eigenvalue weighted by Crippen LogP contribution is -2.57. The summed E-state index contributed by atoms with van der Waals surface area (Å²) in [5.41, 5.74) is 2.02. The van der Waals surface area contributed by atoms with Crippen molar-refractivity contribution in [3.63, 3.8) is 0 Å². The lowest BCUT2D eigenvalue weighted by atomic mass is 10.1. The maximum atomic E-state index is 11.8. The van der Waals surface area contributed by atoms with E-state index >= 15 is 0 Å². The standard InChI is InChI=1S/C13H19N3O.ClH/c1-10-4-3-5-11(6-10)15-13(17)9-16(2)12-7-14-8-12;/h3-6,12,14H,7-9H2,1-2H3,(H,15,17);1H. The zero-order chi connectivity index (χ0) is 12.3. The molecule has 0 bridgehead atoms. The van der Waals surface area contributed by atoms with Gasteiger partial charge in [-0.2, -0.15) is 0 Å². The van der Waals surface area contributed by atoms with E-state index in [-0.39, 0.29) is 18.3 Å². The molecule has 1 aliphatic rings. The monoisotopic (exact) mass is 269 g/mol. The van der Waals surface area contributed by atoms with Crippen molar-refractivity contribution in [2.75, 3.05) is 32.0 Å². The quantitative estimate of drug-likeness (QED) is 0.865. The molecule has 1 aromatic carbocycles. The third-order valence-corrected chi connectivity index (χ3v) is 3.08. The Balaban J connectivity index is 0.00000162. The summed E-state index contributed by atoms with van der Waals surface area (Å²) in [6.07, 6.45) is 0. The Labute approximate surface area is 114 Å². The van der Waals surface area contributed by atoms with Crippen LogP contribution in [0.5, 0.6) is 0 Å². The smallest absolute Gasteiger partial charge is 0.238 e. The number of amides is 1. The van der Waals surface area contributed by atoms with Gasteiger partial charge in [0.2, 0.25) is 5.91 Å². The van der Waals surface area contributed by atoms with Gasteiger partial charge in [0.05, 0.1) is 6.54 Å². The van der Waals surface area contributed by atoms with E-state index in [1.807, 2.05) is 38.2 Å². The van der Waals surface area contributed by atoms with E-state index < -0.39 is 0 Å². The molecule has 0 unspecified atom stereocenters. The minimum Gasteiger partial charge on any atom is -0.325 e. The van der Waals surface area contributed by atoms with E-state index in [9.17, 15) is 4.79 Å². The van der Waals surface area contributed by atoms with Crippen molar-refractivity contribution in [2.45, 2.75) is 13.0 Å². The van der Waals surface area contributed by atoms with Gasteiger partial charge in [-0.3, -0.25) is 9.69 Å². The summed E-state index contributed by atoms with van der Waals surface area (Å²) in [7, 11) is 1.99. The average Bonchev–Trinajstić information content (AvgIpc) is 2.13. The molecule has 4 nitrogen and oxygen atoms in total. The molecule has 2 N–H and O–H groups in total. The van der Waals surface area contributed by atoms with Gasteiger partial charge in [-0.1, -0.05) is 12.1 Å². The Kier molecular flexibility index (Phi) is 5.59. The third kappa shape index (κ3) is 3.98. The van der Waals surface area contributed by atoms with Gasteiger partial charge >= 0.3 is 0 Å². The fourth-order valence-electron chi connectivity index (χ4n) is 1.86. The predicted octanol–water partition coefficient (Wildman–Crippen LogP) is 1.26. The summed E-state index contributed by atoms with van der Waals surface area (Å²) >= 11 is 0. The number of hydrogen-bond acceptors (Lipinski definition) is 3. The highest BCUT2D eigenvalue weighted by molar-refractivity contribution is 5.92. The molecule has 0 aromatic heterocycles. The summed E-state index contributed by atoms with van der Waals surface area (Å²) in [5.74, 6) is 0.0463. The van der Waals surface area contributed by atoms with E-state index in [2.05, 4.69) is 15.5 Å². The van der Waals surface area contributed by atoms with Crippen molar-refractivity contribution < 1.29 is 4.79 Å². The molecule has 1 fully saturated rings. The highest BCUT2D eigenvalue weighted by atomic mass is 35.5. The first-order valence-electron chi connectivity index (χ1n) is 5.92. The molecule has 1 aromatic rings. The van der Waals surface area contributed by atoms with Crippen LogP contribution in [0.15, 0.2) is 24.3 Å². The van der Waals surface area contributed by atoms with Gasteiger partial charge in [0.1, 0.15) is 0 Å². The Morgan fingerprint density at radius 3 is 2.78 bits per heavy atom. The van der Waals surface area contributed by atoms with Crippen molar-refractivity contribution in [2.24, 2.45) is 0 Å². The molecule has 0 aliphatic carbocycles. The molecule has 0 spiro atoms. The molecule has 5 heteroatoms. The van der Waals surface area contributed by atoms with Crippen LogP contribution >= 0.6 is 12.4 Å². The number of hydrogen-bond donors (Lipinski definition) is 2. The van der Waals surface area contributed by atoms with Gasteiger partial charge < -0.3 is 10.6 Å². The van der Waals surface area contributed by atoms with Crippen LogP contribution in [0.1, 0.15) is 5.56 Å². The number of aryl methyl sites for hydroxylation is 1. The van der Waals surface area contributed by atoms with E-state index in [1.165, 1.54) is 0 Å². The number of rotatable bonds is 4. The van der Waals surface area contributed by atoms with Crippen LogP contribution in [0.25, 0.3) is 0 Å². The lowest BCUT2D eigenvalue weighted by Gasteiger charge is -2.35. The van der Waals surface area contributed by atoms with Gasteiger partial charge in [-0.15, -0.1) is 12.4 Å². The normalized spacial score (nSPS) is 14.8. The Morgan fingerprint density at radius 2 is 2.22 bits per heavy atom.